The SMILES string of the molecule is CCOC(=O)/C=C/c1c(CO)cnc(C)c1O.Cc1ncc(CO)c(C=O)c1O. The van der Waals surface area contributed by atoms with Crippen molar-refractivity contribution in [3.63, 3.8) is 0 Å². The number of nitrogens with zero attached hydrogens (tertiary/aromatic N) is 2. The van der Waals surface area contributed by atoms with Crippen molar-refractivity contribution < 1.29 is 34.8 Å². The summed E-state index contributed by atoms with van der Waals surface area (Å²) >= 11 is 0. The van der Waals surface area contributed by atoms with Gasteiger partial charge in [0.1, 0.15) is 11.5 Å². The van der Waals surface area contributed by atoms with Crippen molar-refractivity contribution >= 4 is 18.3 Å². The summed E-state index contributed by atoms with van der Waals surface area (Å²) in [7, 11) is 0. The molecule has 29 heavy (non-hydrogen) atoms. The summed E-state index contributed by atoms with van der Waals surface area (Å²) in [6.07, 6.45) is 5.96. The normalized spacial score (nSPS) is 10.4. The topological polar surface area (TPSA) is 150 Å². The summed E-state index contributed by atoms with van der Waals surface area (Å²) in [5.74, 6) is -0.695. The number of aliphatic hydroxyl groups is 2. The number of carbonyl (C=O) groups excluding carboxylic acids is 2. The van der Waals surface area contributed by atoms with E-state index in [0.717, 1.165) is 0 Å². The quantitative estimate of drug-likeness (QED) is 0.319. The first-order valence-electron chi connectivity index (χ1n) is 8.67. The highest BCUT2D eigenvalue weighted by Gasteiger charge is 2.10. The molecule has 0 aliphatic heterocycles. The fraction of sp³-hybridized carbons (Fsp3) is 0.300. The third-order valence-electron chi connectivity index (χ3n) is 3.85. The third kappa shape index (κ3) is 6.37. The first kappa shape index (κ1) is 23.7. The molecule has 0 spiro atoms. The van der Waals surface area contributed by atoms with Gasteiger partial charge in [-0.2, -0.15) is 0 Å². The molecule has 0 bridgehead atoms. The summed E-state index contributed by atoms with van der Waals surface area (Å²) < 4.78 is 4.72. The molecule has 0 unspecified atom stereocenters. The maximum atomic E-state index is 11.1. The number of hydrogen-bond acceptors (Lipinski definition) is 9. The smallest absolute Gasteiger partial charge is 0.330 e. The molecule has 0 fully saturated rings. The van der Waals surface area contributed by atoms with Crippen LogP contribution in [-0.4, -0.2) is 49.3 Å². The number of pyridine rings is 2. The summed E-state index contributed by atoms with van der Waals surface area (Å²) in [6, 6.07) is 0. The summed E-state index contributed by atoms with van der Waals surface area (Å²) in [6.45, 7) is 4.66. The van der Waals surface area contributed by atoms with Crippen molar-refractivity contribution in [2.75, 3.05) is 6.61 Å². The average Bonchev–Trinajstić information content (AvgIpc) is 2.71. The summed E-state index contributed by atoms with van der Waals surface area (Å²) in [4.78, 5) is 29.3. The number of hydrogen-bond donors (Lipinski definition) is 4. The Kier molecular flexibility index (Phi) is 9.43. The summed E-state index contributed by atoms with van der Waals surface area (Å²) in [5.41, 5.74) is 2.11. The molecule has 0 aromatic carbocycles. The Labute approximate surface area is 168 Å². The first-order chi connectivity index (χ1) is 13.8. The highest BCUT2D eigenvalue weighted by atomic mass is 16.5. The molecule has 2 aromatic rings. The number of esters is 1. The van der Waals surface area contributed by atoms with Crippen molar-refractivity contribution in [2.45, 2.75) is 34.0 Å². The maximum Gasteiger partial charge on any atom is 0.330 e. The van der Waals surface area contributed by atoms with Gasteiger partial charge < -0.3 is 25.2 Å². The van der Waals surface area contributed by atoms with Crippen LogP contribution < -0.4 is 0 Å². The number of rotatable bonds is 6. The van der Waals surface area contributed by atoms with Gasteiger partial charge >= 0.3 is 5.97 Å². The molecular formula is C20H24N2O7. The van der Waals surface area contributed by atoms with Gasteiger partial charge in [0.15, 0.2) is 6.29 Å². The van der Waals surface area contributed by atoms with Gasteiger partial charge in [-0.05, 0) is 26.8 Å². The van der Waals surface area contributed by atoms with Crippen LogP contribution in [-0.2, 0) is 22.7 Å². The number of carbonyl (C=O) groups is 2. The molecule has 4 N–H and O–H groups in total. The lowest BCUT2D eigenvalue weighted by Gasteiger charge is -2.07. The molecule has 2 heterocycles. The molecule has 0 aliphatic carbocycles. The zero-order valence-electron chi connectivity index (χ0n) is 16.4. The summed E-state index contributed by atoms with van der Waals surface area (Å²) in [5, 5.41) is 36.9. The number of aromatic hydroxyl groups is 2. The third-order valence-corrected chi connectivity index (χ3v) is 3.85. The lowest BCUT2D eigenvalue weighted by atomic mass is 10.1. The van der Waals surface area contributed by atoms with Crippen LogP contribution in [0.4, 0.5) is 0 Å². The Bertz CT molecular complexity index is 895. The number of ether oxygens (including phenoxy) is 1. The molecule has 2 aromatic heterocycles. The minimum absolute atomic E-state index is 0.0444. The van der Waals surface area contributed by atoms with Gasteiger partial charge in [0, 0.05) is 35.2 Å². The van der Waals surface area contributed by atoms with E-state index < -0.39 is 5.97 Å². The molecule has 156 valence electrons. The van der Waals surface area contributed by atoms with Gasteiger partial charge in [-0.1, -0.05) is 0 Å². The van der Waals surface area contributed by atoms with Gasteiger partial charge in [0.2, 0.25) is 0 Å². The van der Waals surface area contributed by atoms with Crippen molar-refractivity contribution in [3.8, 4) is 11.5 Å². The van der Waals surface area contributed by atoms with E-state index in [2.05, 4.69) is 9.97 Å². The second-order valence-electron chi connectivity index (χ2n) is 5.78. The van der Waals surface area contributed by atoms with E-state index in [9.17, 15) is 19.8 Å². The second kappa shape index (κ2) is 11.5. The van der Waals surface area contributed by atoms with E-state index in [1.54, 1.807) is 20.8 Å². The predicted molar refractivity (Wildman–Crippen MR) is 104 cm³/mol. The Morgan fingerprint density at radius 1 is 1.00 bits per heavy atom. The Morgan fingerprint density at radius 3 is 1.93 bits per heavy atom. The monoisotopic (exact) mass is 404 g/mol. The Balaban J connectivity index is 0.000000308. The van der Waals surface area contributed by atoms with Crippen molar-refractivity contribution in [3.05, 3.63) is 52.1 Å². The maximum absolute atomic E-state index is 11.1. The second-order valence-corrected chi connectivity index (χ2v) is 5.78. The van der Waals surface area contributed by atoms with Crippen molar-refractivity contribution in [2.24, 2.45) is 0 Å². The highest BCUT2D eigenvalue weighted by molar-refractivity contribution is 5.88. The van der Waals surface area contributed by atoms with Crippen LogP contribution in [0.25, 0.3) is 6.08 Å². The van der Waals surface area contributed by atoms with Crippen LogP contribution in [0.2, 0.25) is 0 Å². The Morgan fingerprint density at radius 2 is 1.48 bits per heavy atom. The Hall–Kier alpha value is -3.30. The zero-order chi connectivity index (χ0) is 22.0. The lowest BCUT2D eigenvalue weighted by molar-refractivity contribution is -0.137. The lowest BCUT2D eigenvalue weighted by Crippen LogP contribution is -2.00. The number of aryl methyl sites for hydroxylation is 2. The number of aromatic nitrogens is 2. The van der Waals surface area contributed by atoms with Gasteiger partial charge in [-0.15, -0.1) is 0 Å². The standard InChI is InChI=1S/C12H15NO4.C8H9NO3/c1-3-17-11(15)5-4-10-9(7-14)6-13-8(2)12(10)16;1-5-8(12)7(4-11)6(3-10)2-9-5/h4-6,14,16H,3,7H2,1-2H3;2,4,10,12H,3H2,1H3/b5-4+;. The van der Waals surface area contributed by atoms with E-state index in [4.69, 9.17) is 14.9 Å². The fourth-order valence-corrected chi connectivity index (χ4v) is 2.22. The van der Waals surface area contributed by atoms with Gasteiger partial charge in [-0.25, -0.2) is 4.79 Å². The van der Waals surface area contributed by atoms with Crippen LogP contribution in [0.1, 0.15) is 45.4 Å². The van der Waals surface area contributed by atoms with Gasteiger partial charge in [-0.3, -0.25) is 14.8 Å². The largest absolute Gasteiger partial charge is 0.505 e. The van der Waals surface area contributed by atoms with Crippen molar-refractivity contribution in [1.29, 1.82) is 0 Å². The van der Waals surface area contributed by atoms with Crippen molar-refractivity contribution in [1.82, 2.24) is 9.97 Å². The zero-order valence-corrected chi connectivity index (χ0v) is 16.4. The minimum atomic E-state index is -0.495. The van der Waals surface area contributed by atoms with Crippen LogP contribution in [0, 0.1) is 13.8 Å². The van der Waals surface area contributed by atoms with Gasteiger partial charge in [0.25, 0.3) is 0 Å². The van der Waals surface area contributed by atoms with Crippen LogP contribution >= 0.6 is 0 Å². The van der Waals surface area contributed by atoms with E-state index in [1.165, 1.54) is 24.5 Å². The van der Waals surface area contributed by atoms with E-state index >= 15 is 0 Å². The average molecular weight is 404 g/mol. The molecule has 0 amide bonds. The fourth-order valence-electron chi connectivity index (χ4n) is 2.22. The van der Waals surface area contributed by atoms with Crippen LogP contribution in [0.5, 0.6) is 11.5 Å². The molecule has 9 nitrogen and oxygen atoms in total. The van der Waals surface area contributed by atoms with E-state index in [-0.39, 0.29) is 36.9 Å². The van der Waals surface area contributed by atoms with E-state index in [1.807, 2.05) is 0 Å². The number of aliphatic hydroxyl groups excluding tert-OH is 2. The molecule has 0 saturated carbocycles. The van der Waals surface area contributed by atoms with Gasteiger partial charge in [0.05, 0.1) is 36.8 Å². The van der Waals surface area contributed by atoms with Crippen LogP contribution in [0.3, 0.4) is 0 Å². The number of aldehydes is 1. The molecule has 9 heteroatoms. The molecule has 0 saturated heterocycles. The molecule has 2 rings (SSSR count). The predicted octanol–water partition coefficient (Wildman–Crippen LogP) is 1.56. The highest BCUT2D eigenvalue weighted by Crippen LogP contribution is 2.25. The minimum Gasteiger partial charge on any atom is -0.505 e. The molecule has 0 radical (unpaired) electrons. The molecule has 0 aliphatic rings. The molecular weight excluding hydrogens is 380 g/mol. The molecule has 0 atom stereocenters. The van der Waals surface area contributed by atoms with Crippen LogP contribution in [0.15, 0.2) is 18.5 Å². The first-order valence-corrected chi connectivity index (χ1v) is 8.67. The van der Waals surface area contributed by atoms with E-state index in [0.29, 0.717) is 34.4 Å².